The van der Waals surface area contributed by atoms with E-state index < -0.39 is 6.03 Å². The van der Waals surface area contributed by atoms with Crippen LogP contribution in [0.1, 0.15) is 5.56 Å². The molecule has 0 aromatic heterocycles. The van der Waals surface area contributed by atoms with Gasteiger partial charge in [0.25, 0.3) is 0 Å². The van der Waals surface area contributed by atoms with Crippen molar-refractivity contribution in [2.45, 2.75) is 0 Å². The van der Waals surface area contributed by atoms with E-state index in [1.54, 1.807) is 12.1 Å². The van der Waals surface area contributed by atoms with Crippen molar-refractivity contribution in [3.63, 3.8) is 0 Å². The van der Waals surface area contributed by atoms with Crippen molar-refractivity contribution in [3.8, 4) is 5.75 Å². The van der Waals surface area contributed by atoms with Gasteiger partial charge in [0.15, 0.2) is 0 Å². The van der Waals surface area contributed by atoms with Crippen LogP contribution in [0.3, 0.4) is 0 Å². The molecule has 1 heterocycles. The first kappa shape index (κ1) is 10.2. The molecule has 2 N–H and O–H groups in total. The average molecular weight is 219 g/mol. The van der Waals surface area contributed by atoms with Crippen LogP contribution in [0.15, 0.2) is 29.4 Å². The Morgan fingerprint density at radius 3 is 2.88 bits per heavy atom. The molecule has 1 aromatic carbocycles. The molecule has 6 nitrogen and oxygen atoms in total. The van der Waals surface area contributed by atoms with Crippen LogP contribution in [0.2, 0.25) is 0 Å². The Kier molecular flexibility index (Phi) is 2.55. The number of aromatic hydroxyl groups is 1. The topological polar surface area (TPSA) is 82.0 Å². The lowest BCUT2D eigenvalue weighted by molar-refractivity contribution is -0.118. The summed E-state index contributed by atoms with van der Waals surface area (Å²) < 4.78 is 0. The third kappa shape index (κ3) is 2.17. The highest BCUT2D eigenvalue weighted by Crippen LogP contribution is 2.09. The van der Waals surface area contributed by atoms with Crippen LogP contribution in [0, 0.1) is 0 Å². The van der Waals surface area contributed by atoms with E-state index in [4.69, 9.17) is 0 Å². The largest absolute Gasteiger partial charge is 0.508 e. The molecule has 1 fully saturated rings. The van der Waals surface area contributed by atoms with Gasteiger partial charge in [0.1, 0.15) is 12.3 Å². The zero-order valence-corrected chi connectivity index (χ0v) is 8.25. The van der Waals surface area contributed by atoms with Crippen molar-refractivity contribution >= 4 is 18.2 Å². The molecule has 1 aliphatic rings. The van der Waals surface area contributed by atoms with Gasteiger partial charge in [0, 0.05) is 0 Å². The molecule has 1 saturated heterocycles. The number of hydrogen-bond acceptors (Lipinski definition) is 4. The number of urea groups is 1. The standard InChI is InChI=1S/C10H9N3O3/c14-8-3-1-2-7(4-8)5-11-13-6-9(15)12-10(13)16/h1-5,14H,6H2,(H,12,15,16)/b11-5-. The lowest BCUT2D eigenvalue weighted by Crippen LogP contribution is -2.24. The lowest BCUT2D eigenvalue weighted by atomic mass is 10.2. The summed E-state index contributed by atoms with van der Waals surface area (Å²) in [6.45, 7) is -0.0752. The van der Waals surface area contributed by atoms with E-state index >= 15 is 0 Å². The molecule has 82 valence electrons. The summed E-state index contributed by atoms with van der Waals surface area (Å²) >= 11 is 0. The molecule has 3 amide bonds. The van der Waals surface area contributed by atoms with Gasteiger partial charge in [-0.15, -0.1) is 0 Å². The number of amides is 3. The number of phenols is 1. The number of hydrazone groups is 1. The van der Waals surface area contributed by atoms with Crippen molar-refractivity contribution in [1.29, 1.82) is 0 Å². The molecule has 0 spiro atoms. The number of imide groups is 1. The molecular formula is C10H9N3O3. The van der Waals surface area contributed by atoms with Crippen LogP contribution in [0.4, 0.5) is 4.79 Å². The number of phenolic OH excluding ortho intramolecular Hbond substituents is 1. The van der Waals surface area contributed by atoms with Crippen LogP contribution in [0.25, 0.3) is 0 Å². The highest BCUT2D eigenvalue weighted by atomic mass is 16.3. The summed E-state index contributed by atoms with van der Waals surface area (Å²) in [5.74, 6) is -0.260. The summed E-state index contributed by atoms with van der Waals surface area (Å²) in [5, 5.41) is 16.1. The number of rotatable bonds is 2. The first-order valence-electron chi connectivity index (χ1n) is 4.59. The van der Waals surface area contributed by atoms with E-state index in [9.17, 15) is 14.7 Å². The molecule has 2 rings (SSSR count). The SMILES string of the molecule is O=C1CN(/N=C\c2cccc(O)c2)C(=O)N1. The van der Waals surface area contributed by atoms with Gasteiger partial charge in [-0.2, -0.15) is 5.10 Å². The zero-order valence-electron chi connectivity index (χ0n) is 8.25. The van der Waals surface area contributed by atoms with Gasteiger partial charge in [-0.3, -0.25) is 10.1 Å². The fourth-order valence-electron chi connectivity index (χ4n) is 1.27. The van der Waals surface area contributed by atoms with E-state index in [0.29, 0.717) is 5.56 Å². The van der Waals surface area contributed by atoms with E-state index in [1.807, 2.05) is 0 Å². The zero-order chi connectivity index (χ0) is 11.5. The molecule has 1 aromatic rings. The van der Waals surface area contributed by atoms with Crippen LogP contribution in [-0.4, -0.2) is 34.8 Å². The molecular weight excluding hydrogens is 210 g/mol. The number of nitrogens with one attached hydrogen (secondary N) is 1. The van der Waals surface area contributed by atoms with Crippen molar-refractivity contribution in [1.82, 2.24) is 10.3 Å². The molecule has 6 heteroatoms. The molecule has 16 heavy (non-hydrogen) atoms. The Labute approximate surface area is 91.2 Å². The Balaban J connectivity index is 2.10. The Bertz CT molecular complexity index is 470. The third-order valence-corrected chi connectivity index (χ3v) is 1.99. The molecule has 0 aliphatic carbocycles. The maximum Gasteiger partial charge on any atom is 0.344 e. The minimum atomic E-state index is -0.540. The van der Waals surface area contributed by atoms with E-state index in [-0.39, 0.29) is 18.2 Å². The van der Waals surface area contributed by atoms with E-state index in [2.05, 4.69) is 10.4 Å². The Morgan fingerprint density at radius 2 is 2.25 bits per heavy atom. The molecule has 1 aliphatic heterocycles. The monoisotopic (exact) mass is 219 g/mol. The second kappa shape index (κ2) is 4.01. The molecule has 0 bridgehead atoms. The Morgan fingerprint density at radius 1 is 1.44 bits per heavy atom. The van der Waals surface area contributed by atoms with Crippen LogP contribution < -0.4 is 5.32 Å². The Hall–Kier alpha value is -2.37. The minimum Gasteiger partial charge on any atom is -0.508 e. The number of benzene rings is 1. The van der Waals surface area contributed by atoms with Crippen molar-refractivity contribution < 1.29 is 14.7 Å². The lowest BCUT2D eigenvalue weighted by Gasteiger charge is -2.03. The van der Waals surface area contributed by atoms with Crippen LogP contribution in [0.5, 0.6) is 5.75 Å². The quantitative estimate of drug-likeness (QED) is 0.553. The molecule has 0 radical (unpaired) electrons. The summed E-state index contributed by atoms with van der Waals surface area (Å²) in [5.41, 5.74) is 0.646. The smallest absolute Gasteiger partial charge is 0.344 e. The first-order valence-corrected chi connectivity index (χ1v) is 4.59. The van der Waals surface area contributed by atoms with Gasteiger partial charge in [-0.05, 0) is 17.7 Å². The van der Waals surface area contributed by atoms with Gasteiger partial charge in [0.2, 0.25) is 5.91 Å². The predicted octanol–water partition coefficient (Wildman–Crippen LogP) is 0.278. The fourth-order valence-corrected chi connectivity index (χ4v) is 1.27. The van der Waals surface area contributed by atoms with Crippen molar-refractivity contribution in [2.75, 3.05) is 6.54 Å². The van der Waals surface area contributed by atoms with E-state index in [1.165, 1.54) is 18.3 Å². The number of hydrogen-bond donors (Lipinski definition) is 2. The normalized spacial score (nSPS) is 15.9. The predicted molar refractivity (Wildman–Crippen MR) is 55.9 cm³/mol. The molecule has 0 saturated carbocycles. The maximum atomic E-state index is 11.1. The highest BCUT2D eigenvalue weighted by Gasteiger charge is 2.25. The summed E-state index contributed by atoms with van der Waals surface area (Å²) in [6.07, 6.45) is 1.40. The molecule has 0 atom stereocenters. The maximum absolute atomic E-state index is 11.1. The van der Waals surface area contributed by atoms with Gasteiger partial charge >= 0.3 is 6.03 Å². The van der Waals surface area contributed by atoms with Gasteiger partial charge in [-0.25, -0.2) is 9.80 Å². The number of carbonyl (C=O) groups is 2. The summed E-state index contributed by atoms with van der Waals surface area (Å²) in [7, 11) is 0. The second-order valence-electron chi connectivity index (χ2n) is 3.25. The minimum absolute atomic E-state index is 0.0752. The number of nitrogens with zero attached hydrogens (tertiary/aromatic N) is 2. The van der Waals surface area contributed by atoms with E-state index in [0.717, 1.165) is 5.01 Å². The fraction of sp³-hybridized carbons (Fsp3) is 0.100. The number of carbonyl (C=O) groups excluding carboxylic acids is 2. The van der Waals surface area contributed by atoms with Crippen molar-refractivity contribution in [2.24, 2.45) is 5.10 Å². The van der Waals surface area contributed by atoms with Crippen LogP contribution >= 0.6 is 0 Å². The summed E-state index contributed by atoms with van der Waals surface area (Å²) in [4.78, 5) is 21.9. The van der Waals surface area contributed by atoms with Gasteiger partial charge < -0.3 is 5.11 Å². The summed E-state index contributed by atoms with van der Waals surface area (Å²) in [6, 6.07) is 5.87. The first-order chi connectivity index (χ1) is 7.65. The highest BCUT2D eigenvalue weighted by molar-refractivity contribution is 6.02. The van der Waals surface area contributed by atoms with Gasteiger partial charge in [0.05, 0.1) is 6.21 Å². The van der Waals surface area contributed by atoms with Crippen LogP contribution in [-0.2, 0) is 4.79 Å². The average Bonchev–Trinajstić information content (AvgIpc) is 2.54. The van der Waals surface area contributed by atoms with Crippen molar-refractivity contribution in [3.05, 3.63) is 29.8 Å². The second-order valence-corrected chi connectivity index (χ2v) is 3.25. The molecule has 0 unspecified atom stereocenters. The third-order valence-electron chi connectivity index (χ3n) is 1.99. The van der Waals surface area contributed by atoms with Gasteiger partial charge in [-0.1, -0.05) is 12.1 Å².